The van der Waals surface area contributed by atoms with E-state index >= 15 is 0 Å². The van der Waals surface area contributed by atoms with Crippen LogP contribution in [-0.4, -0.2) is 68.1 Å². The van der Waals surface area contributed by atoms with Crippen LogP contribution in [0.5, 0.6) is 0 Å². The number of rotatable bonds is 11. The SMILES string of the molecule is CCc1nnc(C(=O)[C@H](CC)NC(=O)[C@H](CS(=O)(=O)CC2CC2)N=C2NS(=O)(=O)c3ccccc32)o1. The first-order valence-electron chi connectivity index (χ1n) is 11.6. The van der Waals surface area contributed by atoms with Crippen LogP contribution >= 0.6 is 0 Å². The predicted molar refractivity (Wildman–Crippen MR) is 129 cm³/mol. The molecule has 1 saturated carbocycles. The average molecular weight is 538 g/mol. The van der Waals surface area contributed by atoms with Gasteiger partial charge in [-0.3, -0.25) is 19.3 Å². The Labute approximate surface area is 208 Å². The zero-order chi connectivity index (χ0) is 26.1. The molecule has 36 heavy (non-hydrogen) atoms. The fraction of sp³-hybridized carbons (Fsp3) is 0.500. The lowest BCUT2D eigenvalue weighted by Crippen LogP contribution is -2.47. The summed E-state index contributed by atoms with van der Waals surface area (Å²) in [6.07, 6.45) is 2.20. The van der Waals surface area contributed by atoms with Gasteiger partial charge in [-0.25, -0.2) is 16.8 Å². The third kappa shape index (κ3) is 5.81. The topological polar surface area (TPSA) is 178 Å². The Morgan fingerprint density at radius 3 is 2.58 bits per heavy atom. The lowest BCUT2D eigenvalue weighted by atomic mass is 10.1. The monoisotopic (exact) mass is 537 g/mol. The van der Waals surface area contributed by atoms with Crippen molar-refractivity contribution in [3.05, 3.63) is 41.6 Å². The number of amides is 1. The van der Waals surface area contributed by atoms with Crippen molar-refractivity contribution in [2.75, 3.05) is 11.5 Å². The molecule has 1 aliphatic heterocycles. The van der Waals surface area contributed by atoms with Crippen molar-refractivity contribution in [3.8, 4) is 0 Å². The van der Waals surface area contributed by atoms with Crippen molar-refractivity contribution >= 4 is 37.4 Å². The van der Waals surface area contributed by atoms with E-state index in [1.807, 2.05) is 0 Å². The lowest BCUT2D eigenvalue weighted by molar-refractivity contribution is -0.122. The van der Waals surface area contributed by atoms with Gasteiger partial charge in [0.25, 0.3) is 15.9 Å². The number of aliphatic imine (C=N–C) groups is 1. The molecule has 0 spiro atoms. The Kier molecular flexibility index (Phi) is 7.27. The molecule has 2 N–H and O–H groups in total. The number of carbonyl (C=O) groups is 2. The molecule has 0 radical (unpaired) electrons. The molecule has 1 amide bonds. The Balaban J connectivity index is 1.62. The molecule has 12 nitrogen and oxygen atoms in total. The predicted octanol–water partition coefficient (Wildman–Crippen LogP) is 0.642. The lowest BCUT2D eigenvalue weighted by Gasteiger charge is -2.19. The molecule has 0 bridgehead atoms. The van der Waals surface area contributed by atoms with Gasteiger partial charge < -0.3 is 9.73 Å². The number of nitrogens with one attached hydrogen (secondary N) is 2. The summed E-state index contributed by atoms with van der Waals surface area (Å²) in [5.41, 5.74) is 0.232. The van der Waals surface area contributed by atoms with Crippen molar-refractivity contribution < 1.29 is 30.8 Å². The Bertz CT molecular complexity index is 1410. The van der Waals surface area contributed by atoms with Gasteiger partial charge in [0.15, 0.2) is 9.84 Å². The number of sulfonamides is 1. The van der Waals surface area contributed by atoms with Gasteiger partial charge in [0.05, 0.1) is 22.4 Å². The summed E-state index contributed by atoms with van der Waals surface area (Å²) in [6.45, 7) is 3.44. The standard InChI is InChI=1S/C22H27N5O7S2/c1-3-15(19(28)22-26-25-18(4-2)34-22)24-21(29)16(12-35(30,31)11-13-9-10-13)23-20-14-7-5-6-8-17(14)36(32,33)27-20/h5-8,13,15-16H,3-4,9-12H2,1-2H3,(H,23,27)(H,24,29)/t15-,16-/m0/s1. The van der Waals surface area contributed by atoms with Gasteiger partial charge in [-0.2, -0.15) is 0 Å². The van der Waals surface area contributed by atoms with Crippen molar-refractivity contribution in [1.82, 2.24) is 20.2 Å². The van der Waals surface area contributed by atoms with Crippen LogP contribution in [0.1, 0.15) is 55.2 Å². The van der Waals surface area contributed by atoms with E-state index < -0.39 is 49.4 Å². The van der Waals surface area contributed by atoms with E-state index in [-0.39, 0.29) is 46.2 Å². The van der Waals surface area contributed by atoms with Gasteiger partial charge in [0, 0.05) is 12.0 Å². The number of amidine groups is 1. The second-order valence-electron chi connectivity index (χ2n) is 8.80. The minimum Gasteiger partial charge on any atom is -0.418 e. The number of aromatic nitrogens is 2. The van der Waals surface area contributed by atoms with E-state index in [0.717, 1.165) is 12.8 Å². The number of hydrogen-bond donors (Lipinski definition) is 2. The highest BCUT2D eigenvalue weighted by Crippen LogP contribution is 2.31. The maximum Gasteiger partial charge on any atom is 0.286 e. The number of carbonyl (C=O) groups excluding carboxylic acids is 2. The molecular weight excluding hydrogens is 510 g/mol. The number of sulfone groups is 1. The van der Waals surface area contributed by atoms with E-state index in [1.165, 1.54) is 12.1 Å². The van der Waals surface area contributed by atoms with Gasteiger partial charge in [-0.1, -0.05) is 26.0 Å². The second kappa shape index (κ2) is 10.1. The Morgan fingerprint density at radius 1 is 1.22 bits per heavy atom. The third-order valence-corrected chi connectivity index (χ3v) is 9.07. The molecule has 1 aromatic heterocycles. The molecule has 2 aliphatic rings. The van der Waals surface area contributed by atoms with Crippen molar-refractivity contribution in [2.45, 2.75) is 56.5 Å². The van der Waals surface area contributed by atoms with E-state index in [2.05, 4.69) is 25.2 Å². The maximum atomic E-state index is 13.3. The maximum absolute atomic E-state index is 13.3. The summed E-state index contributed by atoms with van der Waals surface area (Å²) in [5, 5.41) is 10.0. The van der Waals surface area contributed by atoms with Crippen molar-refractivity contribution in [1.29, 1.82) is 0 Å². The summed E-state index contributed by atoms with van der Waals surface area (Å²) in [7, 11) is -7.60. The van der Waals surface area contributed by atoms with Crippen LogP contribution in [0.15, 0.2) is 38.6 Å². The van der Waals surface area contributed by atoms with Gasteiger partial charge in [0.1, 0.15) is 11.9 Å². The average Bonchev–Trinajstić information content (AvgIpc) is 3.42. The van der Waals surface area contributed by atoms with Gasteiger partial charge in [-0.05, 0) is 37.3 Å². The quantitative estimate of drug-likeness (QED) is 0.389. The van der Waals surface area contributed by atoms with Gasteiger partial charge >= 0.3 is 0 Å². The molecule has 0 unspecified atom stereocenters. The normalized spacial score (nSPS) is 19.3. The van der Waals surface area contributed by atoms with Crippen molar-refractivity contribution in [3.63, 3.8) is 0 Å². The summed E-state index contributed by atoms with van der Waals surface area (Å²) >= 11 is 0. The van der Waals surface area contributed by atoms with Gasteiger partial charge in [-0.15, -0.1) is 10.2 Å². The summed E-state index contributed by atoms with van der Waals surface area (Å²) in [6, 6.07) is 3.50. The fourth-order valence-electron chi connectivity index (χ4n) is 3.78. The smallest absolute Gasteiger partial charge is 0.286 e. The molecule has 2 atom stereocenters. The molecular formula is C22H27N5O7S2. The van der Waals surface area contributed by atoms with Crippen LogP contribution in [-0.2, 0) is 31.1 Å². The Hall–Kier alpha value is -3.13. The summed E-state index contributed by atoms with van der Waals surface area (Å²) in [5.74, 6) is -2.24. The van der Waals surface area contributed by atoms with Crippen molar-refractivity contribution in [2.24, 2.45) is 10.9 Å². The largest absolute Gasteiger partial charge is 0.418 e. The molecule has 2 aromatic rings. The highest BCUT2D eigenvalue weighted by atomic mass is 32.2. The first-order valence-corrected chi connectivity index (χ1v) is 14.9. The number of benzene rings is 1. The Morgan fingerprint density at radius 2 is 1.94 bits per heavy atom. The van der Waals surface area contributed by atoms with Gasteiger partial charge in [0.2, 0.25) is 17.6 Å². The number of fused-ring (bicyclic) bond motifs is 1. The van der Waals surface area contributed by atoms with E-state index in [1.54, 1.807) is 26.0 Å². The first-order chi connectivity index (χ1) is 17.0. The minimum absolute atomic E-state index is 0.0199. The molecule has 1 aromatic carbocycles. The van der Waals surface area contributed by atoms with Crippen LogP contribution in [0.2, 0.25) is 0 Å². The molecule has 0 saturated heterocycles. The molecule has 2 heterocycles. The van der Waals surface area contributed by atoms with Crippen LogP contribution in [0.25, 0.3) is 0 Å². The summed E-state index contributed by atoms with van der Waals surface area (Å²) < 4.78 is 58.1. The number of hydrogen-bond acceptors (Lipinski definition) is 10. The third-order valence-electron chi connectivity index (χ3n) is 5.87. The number of Topliss-reactive ketones (excluding diaryl/α,β-unsaturated/α-hetero) is 1. The fourth-order valence-corrected chi connectivity index (χ4v) is 6.91. The minimum atomic E-state index is -3.90. The van der Waals surface area contributed by atoms with Crippen LogP contribution in [0.3, 0.4) is 0 Å². The first kappa shape index (κ1) is 25.9. The molecule has 194 valence electrons. The van der Waals surface area contributed by atoms with Crippen LogP contribution in [0.4, 0.5) is 0 Å². The second-order valence-corrected chi connectivity index (χ2v) is 12.6. The summed E-state index contributed by atoms with van der Waals surface area (Å²) in [4.78, 5) is 30.3. The number of ketones is 1. The molecule has 1 aliphatic carbocycles. The highest BCUT2D eigenvalue weighted by Gasteiger charge is 2.36. The van der Waals surface area contributed by atoms with Crippen LogP contribution < -0.4 is 10.0 Å². The van der Waals surface area contributed by atoms with E-state index in [0.29, 0.717) is 6.42 Å². The molecule has 4 rings (SSSR count). The molecule has 14 heteroatoms. The van der Waals surface area contributed by atoms with E-state index in [9.17, 15) is 26.4 Å². The van der Waals surface area contributed by atoms with Crippen LogP contribution in [0, 0.1) is 5.92 Å². The number of aryl methyl sites for hydroxylation is 1. The van der Waals surface area contributed by atoms with E-state index in [4.69, 9.17) is 4.42 Å². The molecule has 1 fully saturated rings. The zero-order valence-corrected chi connectivity index (χ0v) is 21.4. The highest BCUT2D eigenvalue weighted by molar-refractivity contribution is 7.91. The zero-order valence-electron chi connectivity index (χ0n) is 19.8. The number of nitrogens with zero attached hydrogens (tertiary/aromatic N) is 3.